The van der Waals surface area contributed by atoms with Gasteiger partial charge in [0, 0.05) is 12.6 Å². The molecule has 1 atom stereocenters. The highest BCUT2D eigenvalue weighted by atomic mass is 35.5. The molecule has 0 amide bonds. The fourth-order valence-corrected chi connectivity index (χ4v) is 1.38. The maximum atomic E-state index is 5.71. The molecule has 0 aliphatic carbocycles. The van der Waals surface area contributed by atoms with Crippen LogP contribution in [0.3, 0.4) is 0 Å². The summed E-state index contributed by atoms with van der Waals surface area (Å²) in [5, 5.41) is 0. The molecule has 1 aliphatic heterocycles. The van der Waals surface area contributed by atoms with Gasteiger partial charge in [-0.3, -0.25) is 0 Å². The Morgan fingerprint density at radius 3 is 2.45 bits per heavy atom. The van der Waals surface area contributed by atoms with Gasteiger partial charge in [0.1, 0.15) is 0 Å². The first-order chi connectivity index (χ1) is 4.33. The molecule has 0 saturated carbocycles. The van der Waals surface area contributed by atoms with Crippen molar-refractivity contribution in [3.05, 3.63) is 0 Å². The third kappa shape index (κ3) is 4.86. The third-order valence-corrected chi connectivity index (χ3v) is 1.85. The van der Waals surface area contributed by atoms with Gasteiger partial charge in [0.2, 0.25) is 0 Å². The van der Waals surface area contributed by atoms with Crippen LogP contribution in [0.2, 0.25) is 0 Å². The number of rotatable bonds is 2. The van der Waals surface area contributed by atoms with E-state index in [1.807, 2.05) is 0 Å². The summed E-state index contributed by atoms with van der Waals surface area (Å²) in [6.07, 6.45) is 2.45. The molecule has 0 aromatic carbocycles. The lowest BCUT2D eigenvalue weighted by atomic mass is 10.3. The number of hydrogen-bond donors (Lipinski definition) is 1. The van der Waals surface area contributed by atoms with Gasteiger partial charge in [-0.1, -0.05) is 6.92 Å². The van der Waals surface area contributed by atoms with Crippen LogP contribution in [-0.2, 0) is 0 Å². The van der Waals surface area contributed by atoms with E-state index in [4.69, 9.17) is 5.73 Å². The van der Waals surface area contributed by atoms with Crippen LogP contribution in [0.1, 0.15) is 19.8 Å². The fraction of sp³-hybridized carbons (Fsp3) is 1.00. The van der Waals surface area contributed by atoms with Crippen LogP contribution in [0.25, 0.3) is 0 Å². The van der Waals surface area contributed by atoms with Gasteiger partial charge in [-0.05, 0) is 25.9 Å². The lowest BCUT2D eigenvalue weighted by molar-refractivity contribution is 0.335. The van der Waals surface area contributed by atoms with Crippen molar-refractivity contribution in [2.24, 2.45) is 5.73 Å². The second kappa shape index (κ2) is 7.17. The molecule has 4 heteroatoms. The average Bonchev–Trinajstić information content (AvgIpc) is 2.17. The molecule has 0 radical (unpaired) electrons. The number of halogens is 2. The maximum absolute atomic E-state index is 5.71. The van der Waals surface area contributed by atoms with E-state index in [1.165, 1.54) is 25.9 Å². The van der Waals surface area contributed by atoms with Gasteiger partial charge < -0.3 is 10.6 Å². The summed E-state index contributed by atoms with van der Waals surface area (Å²) in [7, 11) is 0. The molecule has 2 N–H and O–H groups in total. The summed E-state index contributed by atoms with van der Waals surface area (Å²) in [5.74, 6) is 0. The Balaban J connectivity index is 0. The predicted molar refractivity (Wildman–Crippen MR) is 53.8 cm³/mol. The summed E-state index contributed by atoms with van der Waals surface area (Å²) in [5.41, 5.74) is 5.71. The summed E-state index contributed by atoms with van der Waals surface area (Å²) in [6.45, 7) is 5.78. The Kier molecular flexibility index (Phi) is 9.15. The lowest BCUT2D eigenvalue weighted by Gasteiger charge is -2.12. The van der Waals surface area contributed by atoms with Crippen LogP contribution in [-0.4, -0.2) is 30.6 Å². The van der Waals surface area contributed by atoms with Crippen molar-refractivity contribution in [3.8, 4) is 0 Å². The molecule has 0 bridgehead atoms. The molecule has 0 aromatic heterocycles. The predicted octanol–water partition coefficient (Wildman–Crippen LogP) is 1.27. The van der Waals surface area contributed by atoms with Crippen molar-refractivity contribution >= 4 is 24.8 Å². The van der Waals surface area contributed by atoms with E-state index in [-0.39, 0.29) is 24.8 Å². The van der Waals surface area contributed by atoms with Crippen LogP contribution in [0.15, 0.2) is 0 Å². The first-order valence-electron chi connectivity index (χ1n) is 3.81. The molecule has 1 fully saturated rings. The Labute approximate surface area is 81.3 Å². The van der Waals surface area contributed by atoms with Crippen LogP contribution >= 0.6 is 24.8 Å². The molecule has 0 aromatic rings. The smallest absolute Gasteiger partial charge is 0.0180 e. The Morgan fingerprint density at radius 2 is 2.09 bits per heavy atom. The number of nitrogens with two attached hydrogens (primary N) is 1. The van der Waals surface area contributed by atoms with E-state index in [9.17, 15) is 0 Å². The molecule has 0 spiro atoms. The van der Waals surface area contributed by atoms with Crippen molar-refractivity contribution in [3.63, 3.8) is 0 Å². The lowest BCUT2D eigenvalue weighted by Crippen LogP contribution is -2.26. The van der Waals surface area contributed by atoms with Gasteiger partial charge in [0.25, 0.3) is 0 Å². The number of hydrogen-bond acceptors (Lipinski definition) is 2. The highest BCUT2D eigenvalue weighted by Crippen LogP contribution is 2.06. The zero-order valence-corrected chi connectivity index (χ0v) is 8.59. The van der Waals surface area contributed by atoms with Gasteiger partial charge in [-0.2, -0.15) is 0 Å². The minimum atomic E-state index is 0. The van der Waals surface area contributed by atoms with E-state index in [0.717, 1.165) is 6.54 Å². The summed E-state index contributed by atoms with van der Waals surface area (Å²) in [4.78, 5) is 2.44. The summed E-state index contributed by atoms with van der Waals surface area (Å²) in [6, 6.07) is 0.455. The van der Waals surface area contributed by atoms with E-state index < -0.39 is 0 Å². The van der Waals surface area contributed by atoms with Gasteiger partial charge in [0.05, 0.1) is 0 Å². The van der Waals surface area contributed by atoms with Crippen molar-refractivity contribution in [2.75, 3.05) is 19.6 Å². The summed E-state index contributed by atoms with van der Waals surface area (Å²) < 4.78 is 0. The number of likely N-dealkylation sites (tertiary alicyclic amines) is 1. The molecule has 11 heavy (non-hydrogen) atoms. The monoisotopic (exact) mass is 200 g/mol. The normalized spacial score (nSPS) is 24.0. The molecule has 70 valence electrons. The molecule has 2 nitrogen and oxygen atoms in total. The highest BCUT2D eigenvalue weighted by Gasteiger charge is 2.16. The van der Waals surface area contributed by atoms with Crippen molar-refractivity contribution < 1.29 is 0 Å². The van der Waals surface area contributed by atoms with Gasteiger partial charge >= 0.3 is 0 Å². The minimum absolute atomic E-state index is 0. The minimum Gasteiger partial charge on any atom is -0.326 e. The Hall–Kier alpha value is 0.500. The zero-order chi connectivity index (χ0) is 6.69. The fourth-order valence-electron chi connectivity index (χ4n) is 1.38. The first kappa shape index (κ1) is 14.0. The third-order valence-electron chi connectivity index (χ3n) is 1.85. The Bertz CT molecular complexity index is 88.5. The van der Waals surface area contributed by atoms with Crippen LogP contribution in [0.4, 0.5) is 0 Å². The molecule has 1 unspecified atom stereocenters. The van der Waals surface area contributed by atoms with Gasteiger partial charge in [-0.25, -0.2) is 0 Å². The molecular weight excluding hydrogens is 183 g/mol. The van der Waals surface area contributed by atoms with Crippen LogP contribution < -0.4 is 5.73 Å². The standard InChI is InChI=1S/C7H16N2.2ClH/c1-2-4-9-5-3-7(8)6-9;;/h7H,2-6,8H2,1H3;2*1H. The van der Waals surface area contributed by atoms with Crippen LogP contribution in [0.5, 0.6) is 0 Å². The van der Waals surface area contributed by atoms with Crippen LogP contribution in [0, 0.1) is 0 Å². The Morgan fingerprint density at radius 1 is 1.45 bits per heavy atom. The molecule has 1 heterocycles. The average molecular weight is 201 g/mol. The molecule has 1 rings (SSSR count). The maximum Gasteiger partial charge on any atom is 0.0180 e. The van der Waals surface area contributed by atoms with E-state index in [2.05, 4.69) is 11.8 Å². The van der Waals surface area contributed by atoms with E-state index in [1.54, 1.807) is 0 Å². The van der Waals surface area contributed by atoms with Crippen molar-refractivity contribution in [2.45, 2.75) is 25.8 Å². The quantitative estimate of drug-likeness (QED) is 0.729. The zero-order valence-electron chi connectivity index (χ0n) is 6.95. The molecular formula is C7H18Cl2N2. The van der Waals surface area contributed by atoms with Crippen molar-refractivity contribution in [1.29, 1.82) is 0 Å². The number of nitrogens with zero attached hydrogens (tertiary/aromatic N) is 1. The second-order valence-corrected chi connectivity index (χ2v) is 2.85. The summed E-state index contributed by atoms with van der Waals surface area (Å²) >= 11 is 0. The van der Waals surface area contributed by atoms with Gasteiger partial charge in [0.15, 0.2) is 0 Å². The molecule has 1 aliphatic rings. The first-order valence-corrected chi connectivity index (χ1v) is 3.81. The van der Waals surface area contributed by atoms with E-state index >= 15 is 0 Å². The highest BCUT2D eigenvalue weighted by molar-refractivity contribution is 5.85. The largest absolute Gasteiger partial charge is 0.326 e. The second-order valence-electron chi connectivity index (χ2n) is 2.85. The van der Waals surface area contributed by atoms with E-state index in [0.29, 0.717) is 6.04 Å². The SMILES string of the molecule is CCCN1CCC(N)C1.Cl.Cl. The van der Waals surface area contributed by atoms with Gasteiger partial charge in [-0.15, -0.1) is 24.8 Å². The topological polar surface area (TPSA) is 29.3 Å². The van der Waals surface area contributed by atoms with Crippen molar-refractivity contribution in [1.82, 2.24) is 4.90 Å². The molecule has 1 saturated heterocycles.